The molecule has 0 aliphatic heterocycles. The number of hydrogen-bond donors (Lipinski definition) is 1. The number of unbranched alkanes of at least 4 members (excludes halogenated alkanes) is 1. The number of ether oxygens (including phenoxy) is 3. The standard InChI is InChI=1S/C27H35NO5/c1-3-5-10-20(4-2)26(29)32-18-17-31-16-15-28-27(30)33-19-25-23-13-8-6-11-21(23)22-12-7-9-14-24(22)25/h6-9,11-14,20,25H,3-5,10,15-19H2,1-2H3,(H,28,30). The van der Waals surface area contributed by atoms with Gasteiger partial charge in [-0.3, -0.25) is 4.79 Å². The van der Waals surface area contributed by atoms with Crippen LogP contribution in [0.5, 0.6) is 0 Å². The molecule has 1 atom stereocenters. The number of fused-ring (bicyclic) bond motifs is 3. The quantitative estimate of drug-likeness (QED) is 0.329. The van der Waals surface area contributed by atoms with Gasteiger partial charge in [0, 0.05) is 12.5 Å². The molecular weight excluding hydrogens is 418 g/mol. The topological polar surface area (TPSA) is 73.9 Å². The lowest BCUT2D eigenvalue weighted by atomic mass is 9.98. The molecule has 0 saturated carbocycles. The summed E-state index contributed by atoms with van der Waals surface area (Å²) in [6.07, 6.45) is 3.31. The highest BCUT2D eigenvalue weighted by Crippen LogP contribution is 2.44. The minimum Gasteiger partial charge on any atom is -0.463 e. The molecule has 0 fully saturated rings. The van der Waals surface area contributed by atoms with Crippen molar-refractivity contribution in [2.75, 3.05) is 33.0 Å². The maximum Gasteiger partial charge on any atom is 0.407 e. The lowest BCUT2D eigenvalue weighted by Gasteiger charge is -2.15. The molecule has 2 aromatic carbocycles. The summed E-state index contributed by atoms with van der Waals surface area (Å²) < 4.78 is 16.2. The van der Waals surface area contributed by atoms with E-state index in [1.807, 2.05) is 31.2 Å². The van der Waals surface area contributed by atoms with Gasteiger partial charge in [0.1, 0.15) is 13.2 Å². The fraction of sp³-hybridized carbons (Fsp3) is 0.481. The Bertz CT molecular complexity index is 867. The van der Waals surface area contributed by atoms with Gasteiger partial charge in [-0.2, -0.15) is 0 Å². The fourth-order valence-corrected chi connectivity index (χ4v) is 4.23. The largest absolute Gasteiger partial charge is 0.463 e. The summed E-state index contributed by atoms with van der Waals surface area (Å²) in [6, 6.07) is 16.5. The second kappa shape index (κ2) is 13.0. The lowest BCUT2D eigenvalue weighted by molar-refractivity contribution is -0.150. The molecule has 0 bridgehead atoms. The van der Waals surface area contributed by atoms with Gasteiger partial charge in [-0.15, -0.1) is 0 Å². The molecule has 1 aliphatic rings. The molecule has 6 nitrogen and oxygen atoms in total. The first-order chi connectivity index (χ1) is 16.2. The second-order valence-corrected chi connectivity index (χ2v) is 8.28. The van der Waals surface area contributed by atoms with Crippen molar-refractivity contribution in [1.29, 1.82) is 0 Å². The number of alkyl carbamates (subject to hydrolysis) is 1. The van der Waals surface area contributed by atoms with Gasteiger partial charge in [-0.25, -0.2) is 4.79 Å². The van der Waals surface area contributed by atoms with Crippen LogP contribution in [-0.2, 0) is 19.0 Å². The van der Waals surface area contributed by atoms with Crippen LogP contribution in [0, 0.1) is 5.92 Å². The summed E-state index contributed by atoms with van der Waals surface area (Å²) in [5, 5.41) is 2.71. The van der Waals surface area contributed by atoms with E-state index in [0.29, 0.717) is 19.8 Å². The smallest absolute Gasteiger partial charge is 0.407 e. The molecule has 178 valence electrons. The Kier molecular flexibility index (Phi) is 9.76. The van der Waals surface area contributed by atoms with Crippen molar-refractivity contribution in [3.63, 3.8) is 0 Å². The molecule has 1 N–H and O–H groups in total. The Hall–Kier alpha value is -2.86. The molecule has 6 heteroatoms. The van der Waals surface area contributed by atoms with E-state index in [2.05, 4.69) is 36.5 Å². The number of esters is 1. The van der Waals surface area contributed by atoms with Gasteiger partial charge < -0.3 is 19.5 Å². The van der Waals surface area contributed by atoms with E-state index in [0.717, 1.165) is 25.7 Å². The Morgan fingerprint density at radius 1 is 0.909 bits per heavy atom. The average molecular weight is 454 g/mol. The summed E-state index contributed by atoms with van der Waals surface area (Å²) in [6.45, 7) is 5.60. The summed E-state index contributed by atoms with van der Waals surface area (Å²) in [5.41, 5.74) is 4.77. The summed E-state index contributed by atoms with van der Waals surface area (Å²) >= 11 is 0. The number of carbonyl (C=O) groups is 2. The first-order valence-electron chi connectivity index (χ1n) is 12.0. The van der Waals surface area contributed by atoms with Crippen LogP contribution in [0.15, 0.2) is 48.5 Å². The third-order valence-electron chi connectivity index (χ3n) is 6.06. The average Bonchev–Trinajstić information content (AvgIpc) is 3.16. The van der Waals surface area contributed by atoms with Crippen LogP contribution >= 0.6 is 0 Å². The molecule has 1 amide bonds. The van der Waals surface area contributed by atoms with Crippen LogP contribution < -0.4 is 5.32 Å². The number of hydrogen-bond acceptors (Lipinski definition) is 5. The Morgan fingerprint density at radius 3 is 2.21 bits per heavy atom. The van der Waals surface area contributed by atoms with Crippen molar-refractivity contribution in [3.05, 3.63) is 59.7 Å². The van der Waals surface area contributed by atoms with Crippen LogP contribution in [-0.4, -0.2) is 45.0 Å². The first-order valence-corrected chi connectivity index (χ1v) is 12.0. The van der Waals surface area contributed by atoms with Crippen molar-refractivity contribution in [2.45, 2.75) is 45.4 Å². The third-order valence-corrected chi connectivity index (χ3v) is 6.06. The highest BCUT2D eigenvalue weighted by molar-refractivity contribution is 5.79. The van der Waals surface area contributed by atoms with Gasteiger partial charge in [0.15, 0.2) is 0 Å². The van der Waals surface area contributed by atoms with E-state index >= 15 is 0 Å². The maximum atomic E-state index is 12.1. The van der Waals surface area contributed by atoms with Crippen molar-refractivity contribution >= 4 is 12.1 Å². The van der Waals surface area contributed by atoms with Crippen LogP contribution in [0.3, 0.4) is 0 Å². The van der Waals surface area contributed by atoms with Gasteiger partial charge in [-0.05, 0) is 35.1 Å². The maximum absolute atomic E-state index is 12.1. The second-order valence-electron chi connectivity index (χ2n) is 8.28. The highest BCUT2D eigenvalue weighted by atomic mass is 16.6. The van der Waals surface area contributed by atoms with Gasteiger partial charge in [0.05, 0.1) is 19.1 Å². The molecule has 0 spiro atoms. The molecule has 3 rings (SSSR count). The Morgan fingerprint density at radius 2 is 1.58 bits per heavy atom. The van der Waals surface area contributed by atoms with Crippen molar-refractivity contribution in [1.82, 2.24) is 5.32 Å². The van der Waals surface area contributed by atoms with Crippen LogP contribution in [0.2, 0.25) is 0 Å². The third kappa shape index (κ3) is 6.81. The first kappa shape index (κ1) is 24.8. The van der Waals surface area contributed by atoms with Crippen LogP contribution in [0.4, 0.5) is 4.79 Å². The van der Waals surface area contributed by atoms with E-state index in [4.69, 9.17) is 14.2 Å². The molecule has 2 aromatic rings. The van der Waals surface area contributed by atoms with E-state index in [-0.39, 0.29) is 31.0 Å². The molecule has 1 unspecified atom stereocenters. The van der Waals surface area contributed by atoms with Crippen LogP contribution in [0.1, 0.15) is 56.6 Å². The zero-order valence-electron chi connectivity index (χ0n) is 19.7. The monoisotopic (exact) mass is 453 g/mol. The SMILES string of the molecule is CCCCC(CC)C(=O)OCCOCCNC(=O)OCC1c2ccccc2-c2ccccc21. The number of rotatable bonds is 13. The van der Waals surface area contributed by atoms with Gasteiger partial charge >= 0.3 is 12.1 Å². The molecule has 0 aromatic heterocycles. The van der Waals surface area contributed by atoms with Gasteiger partial charge in [0.2, 0.25) is 0 Å². The lowest BCUT2D eigenvalue weighted by Crippen LogP contribution is -2.29. The molecule has 0 heterocycles. The molecule has 0 saturated heterocycles. The van der Waals surface area contributed by atoms with Crippen molar-refractivity contribution in [3.8, 4) is 11.1 Å². The predicted octanol–water partition coefficient (Wildman–Crippen LogP) is 5.30. The van der Waals surface area contributed by atoms with E-state index < -0.39 is 6.09 Å². The zero-order chi connectivity index (χ0) is 23.5. The minimum absolute atomic E-state index is 0.0276. The summed E-state index contributed by atoms with van der Waals surface area (Å²) in [5.74, 6) is -0.134. The summed E-state index contributed by atoms with van der Waals surface area (Å²) in [4.78, 5) is 24.2. The van der Waals surface area contributed by atoms with Gasteiger partial charge in [-0.1, -0.05) is 75.2 Å². The minimum atomic E-state index is -0.464. The predicted molar refractivity (Wildman–Crippen MR) is 128 cm³/mol. The zero-order valence-corrected chi connectivity index (χ0v) is 19.7. The van der Waals surface area contributed by atoms with E-state index in [1.54, 1.807) is 0 Å². The molecule has 1 aliphatic carbocycles. The highest BCUT2D eigenvalue weighted by Gasteiger charge is 2.28. The van der Waals surface area contributed by atoms with Crippen LogP contribution in [0.25, 0.3) is 11.1 Å². The fourth-order valence-electron chi connectivity index (χ4n) is 4.23. The summed E-state index contributed by atoms with van der Waals surface area (Å²) in [7, 11) is 0. The molecule has 0 radical (unpaired) electrons. The molecule has 33 heavy (non-hydrogen) atoms. The molecular formula is C27H35NO5. The number of amides is 1. The number of nitrogens with one attached hydrogen (secondary N) is 1. The Labute approximate surface area is 196 Å². The van der Waals surface area contributed by atoms with E-state index in [9.17, 15) is 9.59 Å². The number of carbonyl (C=O) groups excluding carboxylic acids is 2. The van der Waals surface area contributed by atoms with Crippen molar-refractivity contribution in [2.24, 2.45) is 5.92 Å². The number of benzene rings is 2. The normalized spacial score (nSPS) is 13.2. The van der Waals surface area contributed by atoms with Gasteiger partial charge in [0.25, 0.3) is 0 Å². The van der Waals surface area contributed by atoms with E-state index in [1.165, 1.54) is 22.3 Å². The van der Waals surface area contributed by atoms with Crippen molar-refractivity contribution < 1.29 is 23.8 Å². The Balaban J connectivity index is 1.31.